The lowest BCUT2D eigenvalue weighted by molar-refractivity contribution is -0.116. The second kappa shape index (κ2) is 8.19. The highest BCUT2D eigenvalue weighted by molar-refractivity contribution is 6.30. The molecule has 3 rings (SSSR count). The highest BCUT2D eigenvalue weighted by Gasteiger charge is 2.18. The Hall–Kier alpha value is -2.60. The summed E-state index contributed by atoms with van der Waals surface area (Å²) in [7, 11) is 0. The largest absolute Gasteiger partial charge is 0.354 e. The van der Waals surface area contributed by atoms with Crippen LogP contribution in [0.2, 0.25) is 5.02 Å². The molecule has 1 atom stereocenters. The summed E-state index contributed by atoms with van der Waals surface area (Å²) in [5.41, 5.74) is 1.07. The van der Waals surface area contributed by atoms with Crippen molar-refractivity contribution in [3.05, 3.63) is 65.2 Å². The van der Waals surface area contributed by atoms with Crippen LogP contribution in [0.25, 0.3) is 0 Å². The maximum atomic E-state index is 12.5. The van der Waals surface area contributed by atoms with Gasteiger partial charge in [-0.25, -0.2) is 0 Å². The Morgan fingerprint density at radius 2 is 1.92 bits per heavy atom. The molecule has 0 spiro atoms. The van der Waals surface area contributed by atoms with E-state index < -0.39 is 0 Å². The molecule has 0 aliphatic rings. The second-order valence-electron chi connectivity index (χ2n) is 6.58. The second-order valence-corrected chi connectivity index (χ2v) is 7.02. The lowest BCUT2D eigenvalue weighted by atomic mass is 9.95. The predicted octanol–water partition coefficient (Wildman–Crippen LogP) is 4.20. The maximum Gasteiger partial charge on any atom is 0.248 e. The number of rotatable bonds is 7. The van der Waals surface area contributed by atoms with Gasteiger partial charge in [-0.15, -0.1) is 5.10 Å². The highest BCUT2D eigenvalue weighted by atomic mass is 35.5. The van der Waals surface area contributed by atoms with Gasteiger partial charge in [-0.3, -0.25) is 15.2 Å². The molecule has 2 N–H and O–H groups in total. The van der Waals surface area contributed by atoms with Crippen LogP contribution in [0, 0.1) is 0 Å². The number of anilines is 1. The van der Waals surface area contributed by atoms with E-state index in [1.54, 1.807) is 0 Å². The third-order valence-electron chi connectivity index (χ3n) is 4.17. The van der Waals surface area contributed by atoms with Gasteiger partial charge < -0.3 is 4.57 Å². The maximum absolute atomic E-state index is 12.5. The van der Waals surface area contributed by atoms with Crippen LogP contribution in [0.4, 0.5) is 5.95 Å². The number of nitrogens with one attached hydrogen (secondary N) is 2. The molecule has 3 aromatic rings. The topological polar surface area (TPSA) is 75.6 Å². The minimum atomic E-state index is -0.119. The van der Waals surface area contributed by atoms with Crippen LogP contribution < -0.4 is 5.32 Å². The van der Waals surface area contributed by atoms with Gasteiger partial charge in [-0.05, 0) is 29.8 Å². The quantitative estimate of drug-likeness (QED) is 0.653. The van der Waals surface area contributed by atoms with E-state index in [1.807, 2.05) is 62.6 Å². The van der Waals surface area contributed by atoms with E-state index in [0.29, 0.717) is 23.9 Å². The summed E-state index contributed by atoms with van der Waals surface area (Å²) in [4.78, 5) is 16.8. The summed E-state index contributed by atoms with van der Waals surface area (Å²) in [6.07, 6.45) is 4.31. The van der Waals surface area contributed by atoms with Crippen LogP contribution in [-0.2, 0) is 11.3 Å². The van der Waals surface area contributed by atoms with E-state index in [4.69, 9.17) is 11.6 Å². The summed E-state index contributed by atoms with van der Waals surface area (Å²) >= 11 is 6.00. The molecule has 2 heterocycles. The van der Waals surface area contributed by atoms with Gasteiger partial charge >= 0.3 is 0 Å². The molecule has 0 unspecified atom stereocenters. The number of carbonyl (C=O) groups excluding carboxylic acids is 1. The molecule has 0 aliphatic heterocycles. The summed E-state index contributed by atoms with van der Waals surface area (Å²) < 4.78 is 2.07. The number of halogens is 1. The zero-order valence-corrected chi connectivity index (χ0v) is 15.6. The first-order valence-corrected chi connectivity index (χ1v) is 8.97. The highest BCUT2D eigenvalue weighted by Crippen LogP contribution is 2.24. The van der Waals surface area contributed by atoms with Crippen LogP contribution >= 0.6 is 11.6 Å². The van der Waals surface area contributed by atoms with Gasteiger partial charge in [0.05, 0.1) is 0 Å². The van der Waals surface area contributed by atoms with Crippen LogP contribution in [0.1, 0.15) is 43.5 Å². The Labute approximate surface area is 157 Å². The van der Waals surface area contributed by atoms with Crippen molar-refractivity contribution < 1.29 is 4.79 Å². The third-order valence-corrected chi connectivity index (χ3v) is 4.42. The van der Waals surface area contributed by atoms with Gasteiger partial charge in [-0.2, -0.15) is 4.98 Å². The van der Waals surface area contributed by atoms with E-state index in [2.05, 4.69) is 25.1 Å². The average Bonchev–Trinajstić information content (AvgIpc) is 3.27. The first kappa shape index (κ1) is 18.2. The minimum Gasteiger partial charge on any atom is -0.354 e. The molecular formula is C19H22ClN5O. The van der Waals surface area contributed by atoms with Crippen LogP contribution in [-0.4, -0.2) is 25.7 Å². The molecule has 0 saturated carbocycles. The van der Waals surface area contributed by atoms with Gasteiger partial charge in [0, 0.05) is 42.2 Å². The van der Waals surface area contributed by atoms with Crippen LogP contribution in [0.5, 0.6) is 0 Å². The van der Waals surface area contributed by atoms with Crippen molar-refractivity contribution >= 4 is 23.5 Å². The van der Waals surface area contributed by atoms with Gasteiger partial charge in [0.25, 0.3) is 0 Å². The lowest BCUT2D eigenvalue weighted by Gasteiger charge is -2.18. The normalized spacial score (nSPS) is 12.3. The van der Waals surface area contributed by atoms with Gasteiger partial charge in [-0.1, -0.05) is 37.6 Å². The monoisotopic (exact) mass is 371 g/mol. The third kappa shape index (κ3) is 4.73. The number of amides is 1. The molecule has 136 valence electrons. The number of hydrogen-bond acceptors (Lipinski definition) is 3. The molecule has 0 saturated heterocycles. The number of H-pyrrole nitrogens is 1. The van der Waals surface area contributed by atoms with E-state index in [0.717, 1.165) is 11.4 Å². The van der Waals surface area contributed by atoms with E-state index in [-0.39, 0.29) is 17.7 Å². The van der Waals surface area contributed by atoms with Crippen LogP contribution in [0.3, 0.4) is 0 Å². The Kier molecular flexibility index (Phi) is 5.73. The Bertz CT molecular complexity index is 839. The number of aromatic amines is 1. The lowest BCUT2D eigenvalue weighted by Crippen LogP contribution is -2.19. The fourth-order valence-corrected chi connectivity index (χ4v) is 2.88. The molecule has 1 aromatic carbocycles. The van der Waals surface area contributed by atoms with Crippen molar-refractivity contribution in [1.29, 1.82) is 0 Å². The summed E-state index contributed by atoms with van der Waals surface area (Å²) in [5.74, 6) is 1.19. The predicted molar refractivity (Wildman–Crippen MR) is 102 cm³/mol. The zero-order chi connectivity index (χ0) is 18.5. The Morgan fingerprint density at radius 1 is 1.23 bits per heavy atom. The molecule has 0 bridgehead atoms. The van der Waals surface area contributed by atoms with Gasteiger partial charge in [0.1, 0.15) is 5.82 Å². The van der Waals surface area contributed by atoms with Crippen molar-refractivity contribution in [2.24, 2.45) is 0 Å². The SMILES string of the molecule is CC(C)c1nc(NC(=O)C[C@H](Cn2cccc2)c2ccc(Cl)cc2)n[nH]1. The molecule has 26 heavy (non-hydrogen) atoms. The van der Waals surface area contributed by atoms with Crippen molar-refractivity contribution in [3.63, 3.8) is 0 Å². The number of benzene rings is 1. The fraction of sp³-hybridized carbons (Fsp3) is 0.316. The van der Waals surface area contributed by atoms with Crippen LogP contribution in [0.15, 0.2) is 48.8 Å². The van der Waals surface area contributed by atoms with E-state index >= 15 is 0 Å². The Morgan fingerprint density at radius 3 is 2.54 bits per heavy atom. The number of aromatic nitrogens is 4. The minimum absolute atomic E-state index is 0.0168. The first-order chi connectivity index (χ1) is 12.5. The van der Waals surface area contributed by atoms with Gasteiger partial charge in [0.2, 0.25) is 11.9 Å². The standard InChI is InChI=1S/C19H22ClN5O/c1-13(2)18-22-19(24-23-18)21-17(26)11-15(12-25-9-3-4-10-25)14-5-7-16(20)8-6-14/h3-10,13,15H,11-12H2,1-2H3,(H2,21,22,23,24,26)/t15-/m1/s1. The molecule has 1 amide bonds. The average molecular weight is 372 g/mol. The fourth-order valence-electron chi connectivity index (χ4n) is 2.76. The zero-order valence-electron chi connectivity index (χ0n) is 14.8. The molecule has 0 aliphatic carbocycles. The van der Waals surface area contributed by atoms with Crippen molar-refractivity contribution in [2.45, 2.75) is 38.6 Å². The summed E-state index contributed by atoms with van der Waals surface area (Å²) in [6, 6.07) is 11.6. The van der Waals surface area contributed by atoms with Crippen molar-refractivity contribution in [2.75, 3.05) is 5.32 Å². The molecule has 0 radical (unpaired) electrons. The molecular weight excluding hydrogens is 350 g/mol. The summed E-state index contributed by atoms with van der Waals surface area (Å²) in [5, 5.41) is 10.4. The van der Waals surface area contributed by atoms with Crippen molar-refractivity contribution in [3.8, 4) is 0 Å². The Balaban J connectivity index is 1.71. The summed E-state index contributed by atoms with van der Waals surface area (Å²) in [6.45, 7) is 4.73. The molecule has 0 fully saturated rings. The van der Waals surface area contributed by atoms with Gasteiger partial charge in [0.15, 0.2) is 0 Å². The number of hydrogen-bond donors (Lipinski definition) is 2. The first-order valence-electron chi connectivity index (χ1n) is 8.59. The number of nitrogens with zero attached hydrogens (tertiary/aromatic N) is 3. The molecule has 7 heteroatoms. The van der Waals surface area contributed by atoms with E-state index in [9.17, 15) is 4.79 Å². The van der Waals surface area contributed by atoms with Crippen molar-refractivity contribution in [1.82, 2.24) is 19.7 Å². The number of carbonyl (C=O) groups is 1. The van der Waals surface area contributed by atoms with E-state index in [1.165, 1.54) is 0 Å². The molecule has 6 nitrogen and oxygen atoms in total. The smallest absolute Gasteiger partial charge is 0.248 e. The molecule has 2 aromatic heterocycles.